The standard InChI is InChI=1S/C18H20O4/c1-20-16-10-8-14(9-11-18(19)21-2)12-17(16)22-13-15-6-4-3-5-7-15/h3-8,10,12H,9,11,13H2,1-2H3. The maximum absolute atomic E-state index is 11.2. The van der Waals surface area contributed by atoms with Gasteiger partial charge in [0.1, 0.15) is 6.61 Å². The van der Waals surface area contributed by atoms with Crippen molar-refractivity contribution in [2.45, 2.75) is 19.4 Å². The molecule has 0 heterocycles. The molecule has 22 heavy (non-hydrogen) atoms. The molecule has 116 valence electrons. The van der Waals surface area contributed by atoms with Gasteiger partial charge < -0.3 is 14.2 Å². The second-order valence-electron chi connectivity index (χ2n) is 4.84. The molecule has 0 atom stereocenters. The molecule has 0 unspecified atom stereocenters. The van der Waals surface area contributed by atoms with Gasteiger partial charge in [0.05, 0.1) is 14.2 Å². The van der Waals surface area contributed by atoms with Gasteiger partial charge in [0.25, 0.3) is 0 Å². The van der Waals surface area contributed by atoms with Crippen molar-refractivity contribution < 1.29 is 19.0 Å². The Hall–Kier alpha value is -2.49. The number of ether oxygens (including phenoxy) is 3. The van der Waals surface area contributed by atoms with E-state index in [0.717, 1.165) is 11.1 Å². The molecule has 2 aromatic rings. The number of carbonyl (C=O) groups is 1. The molecule has 0 spiro atoms. The van der Waals surface area contributed by atoms with E-state index >= 15 is 0 Å². The monoisotopic (exact) mass is 300 g/mol. The summed E-state index contributed by atoms with van der Waals surface area (Å²) in [5, 5.41) is 0. The van der Waals surface area contributed by atoms with E-state index in [-0.39, 0.29) is 5.97 Å². The zero-order valence-corrected chi connectivity index (χ0v) is 12.9. The Kier molecular flexibility index (Phi) is 5.83. The van der Waals surface area contributed by atoms with Gasteiger partial charge in [-0.2, -0.15) is 0 Å². The number of methoxy groups -OCH3 is 2. The second-order valence-corrected chi connectivity index (χ2v) is 4.84. The average molecular weight is 300 g/mol. The van der Waals surface area contributed by atoms with Crippen LogP contribution in [-0.2, 0) is 22.6 Å². The van der Waals surface area contributed by atoms with E-state index in [1.54, 1.807) is 7.11 Å². The molecule has 0 radical (unpaired) electrons. The maximum atomic E-state index is 11.2. The van der Waals surface area contributed by atoms with Crippen LogP contribution in [0.2, 0.25) is 0 Å². The van der Waals surface area contributed by atoms with Crippen LogP contribution in [-0.4, -0.2) is 20.2 Å². The average Bonchev–Trinajstić information content (AvgIpc) is 2.58. The molecule has 2 aromatic carbocycles. The lowest BCUT2D eigenvalue weighted by Gasteiger charge is -2.12. The summed E-state index contributed by atoms with van der Waals surface area (Å²) < 4.78 is 15.8. The zero-order chi connectivity index (χ0) is 15.8. The Morgan fingerprint density at radius 3 is 2.41 bits per heavy atom. The van der Waals surface area contributed by atoms with E-state index in [1.807, 2.05) is 48.5 Å². The van der Waals surface area contributed by atoms with E-state index in [2.05, 4.69) is 4.74 Å². The third-order valence-electron chi connectivity index (χ3n) is 3.31. The molecule has 2 rings (SSSR count). The molecule has 0 aromatic heterocycles. The molecule has 0 bridgehead atoms. The van der Waals surface area contributed by atoms with Crippen LogP contribution < -0.4 is 9.47 Å². The largest absolute Gasteiger partial charge is 0.493 e. The summed E-state index contributed by atoms with van der Waals surface area (Å²) in [7, 11) is 3.00. The van der Waals surface area contributed by atoms with Crippen molar-refractivity contribution in [3.63, 3.8) is 0 Å². The number of hydrogen-bond acceptors (Lipinski definition) is 4. The lowest BCUT2D eigenvalue weighted by Crippen LogP contribution is -2.03. The minimum absolute atomic E-state index is 0.220. The van der Waals surface area contributed by atoms with E-state index in [4.69, 9.17) is 9.47 Å². The van der Waals surface area contributed by atoms with Crippen LogP contribution in [0.15, 0.2) is 48.5 Å². The fourth-order valence-corrected chi connectivity index (χ4v) is 2.07. The first-order valence-corrected chi connectivity index (χ1v) is 7.13. The molecule has 0 N–H and O–H groups in total. The lowest BCUT2D eigenvalue weighted by atomic mass is 10.1. The van der Waals surface area contributed by atoms with Gasteiger partial charge in [-0.1, -0.05) is 36.4 Å². The fourth-order valence-electron chi connectivity index (χ4n) is 2.07. The van der Waals surface area contributed by atoms with Crippen molar-refractivity contribution in [3.8, 4) is 11.5 Å². The highest BCUT2D eigenvalue weighted by Gasteiger charge is 2.08. The lowest BCUT2D eigenvalue weighted by molar-refractivity contribution is -0.140. The van der Waals surface area contributed by atoms with E-state index < -0.39 is 0 Å². The van der Waals surface area contributed by atoms with Crippen LogP contribution in [0.3, 0.4) is 0 Å². The number of rotatable bonds is 7. The van der Waals surface area contributed by atoms with Crippen LogP contribution in [0.5, 0.6) is 11.5 Å². The Morgan fingerprint density at radius 1 is 0.955 bits per heavy atom. The summed E-state index contributed by atoms with van der Waals surface area (Å²) in [6.07, 6.45) is 0.958. The molecule has 0 amide bonds. The summed E-state index contributed by atoms with van der Waals surface area (Å²) >= 11 is 0. The molecule has 0 aliphatic heterocycles. The van der Waals surface area contributed by atoms with Gasteiger partial charge in [0.2, 0.25) is 0 Å². The van der Waals surface area contributed by atoms with Gasteiger partial charge in [-0.25, -0.2) is 0 Å². The van der Waals surface area contributed by atoms with E-state index in [1.165, 1.54) is 7.11 Å². The maximum Gasteiger partial charge on any atom is 0.305 e. The molecule has 4 nitrogen and oxygen atoms in total. The fraction of sp³-hybridized carbons (Fsp3) is 0.278. The molecule has 4 heteroatoms. The number of carbonyl (C=O) groups excluding carboxylic acids is 1. The summed E-state index contributed by atoms with van der Waals surface area (Å²) in [4.78, 5) is 11.2. The van der Waals surface area contributed by atoms with Gasteiger partial charge in [-0.15, -0.1) is 0 Å². The first-order valence-electron chi connectivity index (χ1n) is 7.13. The van der Waals surface area contributed by atoms with Crippen LogP contribution in [0.25, 0.3) is 0 Å². The van der Waals surface area contributed by atoms with Crippen molar-refractivity contribution >= 4 is 5.97 Å². The molecular weight excluding hydrogens is 280 g/mol. The van der Waals surface area contributed by atoms with Crippen LogP contribution in [0.4, 0.5) is 0 Å². The highest BCUT2D eigenvalue weighted by Crippen LogP contribution is 2.29. The molecule has 0 aliphatic rings. The summed E-state index contributed by atoms with van der Waals surface area (Å²) in [5.74, 6) is 1.13. The predicted molar refractivity (Wildman–Crippen MR) is 84.1 cm³/mol. The van der Waals surface area contributed by atoms with Crippen molar-refractivity contribution in [2.75, 3.05) is 14.2 Å². The van der Waals surface area contributed by atoms with Gasteiger partial charge in [0.15, 0.2) is 11.5 Å². The molecule has 0 saturated carbocycles. The van der Waals surface area contributed by atoms with Gasteiger partial charge in [-0.3, -0.25) is 4.79 Å². The van der Waals surface area contributed by atoms with Crippen molar-refractivity contribution in [2.24, 2.45) is 0 Å². The Bertz CT molecular complexity index is 608. The number of benzene rings is 2. The smallest absolute Gasteiger partial charge is 0.305 e. The molecule has 0 saturated heterocycles. The van der Waals surface area contributed by atoms with Crippen LogP contribution in [0, 0.1) is 0 Å². The number of esters is 1. The van der Waals surface area contributed by atoms with Crippen LogP contribution in [0.1, 0.15) is 17.5 Å². The van der Waals surface area contributed by atoms with Crippen molar-refractivity contribution in [1.82, 2.24) is 0 Å². The highest BCUT2D eigenvalue weighted by atomic mass is 16.5. The third kappa shape index (κ3) is 4.52. The van der Waals surface area contributed by atoms with Crippen molar-refractivity contribution in [3.05, 3.63) is 59.7 Å². The quantitative estimate of drug-likeness (QED) is 0.735. The zero-order valence-electron chi connectivity index (χ0n) is 12.9. The Morgan fingerprint density at radius 2 is 1.73 bits per heavy atom. The summed E-state index contributed by atoms with van der Waals surface area (Å²) in [6, 6.07) is 15.6. The Balaban J connectivity index is 2.05. The molecule has 0 aliphatic carbocycles. The second kappa shape index (κ2) is 8.08. The van der Waals surface area contributed by atoms with Gasteiger partial charge in [-0.05, 0) is 29.7 Å². The first-order chi connectivity index (χ1) is 10.7. The highest BCUT2D eigenvalue weighted by molar-refractivity contribution is 5.69. The normalized spacial score (nSPS) is 10.1. The third-order valence-corrected chi connectivity index (χ3v) is 3.31. The summed E-state index contributed by atoms with van der Waals surface area (Å²) in [6.45, 7) is 0.470. The van der Waals surface area contributed by atoms with Crippen molar-refractivity contribution in [1.29, 1.82) is 0 Å². The minimum Gasteiger partial charge on any atom is -0.493 e. The van der Waals surface area contributed by atoms with E-state index in [9.17, 15) is 4.79 Å². The number of hydrogen-bond donors (Lipinski definition) is 0. The molecular formula is C18H20O4. The Labute approximate surface area is 130 Å². The summed E-state index contributed by atoms with van der Waals surface area (Å²) in [5.41, 5.74) is 2.10. The molecule has 0 fully saturated rings. The topological polar surface area (TPSA) is 44.8 Å². The minimum atomic E-state index is -0.220. The first kappa shape index (κ1) is 15.9. The predicted octanol–water partition coefficient (Wildman–Crippen LogP) is 3.38. The van der Waals surface area contributed by atoms with Gasteiger partial charge >= 0.3 is 5.97 Å². The number of aryl methyl sites for hydroxylation is 1. The SMILES string of the molecule is COC(=O)CCc1ccc(OC)c(OCc2ccccc2)c1. The van der Waals surface area contributed by atoms with E-state index in [0.29, 0.717) is 30.9 Å². The van der Waals surface area contributed by atoms with Gasteiger partial charge in [0, 0.05) is 6.42 Å². The van der Waals surface area contributed by atoms with Crippen LogP contribution >= 0.6 is 0 Å².